The largest absolute Gasteiger partial charge is 0.383 e. The number of ether oxygens (including phenoxy) is 1. The summed E-state index contributed by atoms with van der Waals surface area (Å²) in [6.07, 6.45) is 0.323. The highest BCUT2D eigenvalue weighted by atomic mass is 35.5. The fraction of sp³-hybridized carbons (Fsp3) is 0.667. The molecule has 0 aliphatic heterocycles. The van der Waals surface area contributed by atoms with E-state index in [1.165, 1.54) is 11.3 Å². The van der Waals surface area contributed by atoms with Crippen molar-refractivity contribution in [2.45, 2.75) is 12.3 Å². The zero-order valence-electron chi connectivity index (χ0n) is 11.3. The Labute approximate surface area is 122 Å². The number of methoxy groups -OCH3 is 1. The predicted molar refractivity (Wildman–Crippen MR) is 77.8 cm³/mol. The van der Waals surface area contributed by atoms with Crippen LogP contribution in [-0.2, 0) is 21.8 Å². The minimum absolute atomic E-state index is 0.00406. The van der Waals surface area contributed by atoms with Gasteiger partial charge in [-0.15, -0.1) is 22.9 Å². The van der Waals surface area contributed by atoms with Crippen LogP contribution in [0.25, 0.3) is 0 Å². The number of hydrogen-bond donors (Lipinski definition) is 1. The molecule has 1 amide bonds. The number of rotatable bonds is 9. The molecule has 0 fully saturated rings. The molecule has 1 aromatic rings. The molecule has 7 heteroatoms. The van der Waals surface area contributed by atoms with E-state index < -0.39 is 0 Å². The molecule has 0 saturated heterocycles. The first-order chi connectivity index (χ1) is 9.15. The number of carbonyl (C=O) groups excluding carboxylic acids is 1. The van der Waals surface area contributed by atoms with Gasteiger partial charge in [-0.05, 0) is 7.05 Å². The Hall–Kier alpha value is -0.690. The molecule has 1 rings (SSSR count). The first-order valence-corrected chi connectivity index (χ1v) is 7.50. The van der Waals surface area contributed by atoms with Crippen molar-refractivity contribution in [2.75, 3.05) is 40.4 Å². The van der Waals surface area contributed by atoms with Gasteiger partial charge in [-0.2, -0.15) is 0 Å². The van der Waals surface area contributed by atoms with E-state index >= 15 is 0 Å². The fourth-order valence-corrected chi connectivity index (χ4v) is 2.46. The predicted octanol–water partition coefficient (Wildman–Crippen LogP) is 1.12. The van der Waals surface area contributed by atoms with Crippen molar-refractivity contribution < 1.29 is 9.53 Å². The van der Waals surface area contributed by atoms with E-state index in [1.54, 1.807) is 7.11 Å². The quantitative estimate of drug-likeness (QED) is 0.695. The van der Waals surface area contributed by atoms with Crippen LogP contribution < -0.4 is 5.32 Å². The van der Waals surface area contributed by atoms with Crippen molar-refractivity contribution in [1.82, 2.24) is 15.2 Å². The zero-order chi connectivity index (χ0) is 14.1. The zero-order valence-corrected chi connectivity index (χ0v) is 12.9. The van der Waals surface area contributed by atoms with Crippen molar-refractivity contribution >= 4 is 28.8 Å². The average molecular weight is 306 g/mol. The number of likely N-dealkylation sites (N-methyl/N-ethyl adjacent to an activating group) is 1. The molecule has 0 unspecified atom stereocenters. The third-order valence-electron chi connectivity index (χ3n) is 2.54. The lowest BCUT2D eigenvalue weighted by Gasteiger charge is -2.15. The monoisotopic (exact) mass is 305 g/mol. The molecule has 108 valence electrons. The van der Waals surface area contributed by atoms with Crippen molar-refractivity contribution in [3.63, 3.8) is 0 Å². The van der Waals surface area contributed by atoms with Crippen LogP contribution in [0, 0.1) is 0 Å². The van der Waals surface area contributed by atoms with E-state index in [2.05, 4.69) is 15.2 Å². The Morgan fingerprint density at radius 3 is 3.00 bits per heavy atom. The number of aromatic nitrogens is 1. The normalized spacial score (nSPS) is 10.9. The third-order valence-corrected chi connectivity index (χ3v) is 3.71. The van der Waals surface area contributed by atoms with E-state index in [-0.39, 0.29) is 5.91 Å². The molecule has 0 aromatic carbocycles. The highest BCUT2D eigenvalue weighted by Crippen LogP contribution is 2.11. The lowest BCUT2D eigenvalue weighted by Crippen LogP contribution is -2.35. The molecule has 0 bridgehead atoms. The SMILES string of the molecule is COCCN(C)CCNC(=O)Cc1nc(CCl)cs1. The van der Waals surface area contributed by atoms with Crippen LogP contribution in [0.15, 0.2) is 5.38 Å². The minimum Gasteiger partial charge on any atom is -0.383 e. The van der Waals surface area contributed by atoms with E-state index in [4.69, 9.17) is 16.3 Å². The van der Waals surface area contributed by atoms with E-state index in [9.17, 15) is 4.79 Å². The number of alkyl halides is 1. The molecule has 1 heterocycles. The summed E-state index contributed by atoms with van der Waals surface area (Å²) in [5, 5.41) is 5.57. The number of halogens is 1. The minimum atomic E-state index is -0.00406. The van der Waals surface area contributed by atoms with Gasteiger partial charge in [0.25, 0.3) is 0 Å². The van der Waals surface area contributed by atoms with Crippen molar-refractivity contribution in [3.05, 3.63) is 16.1 Å². The molecule has 5 nitrogen and oxygen atoms in total. The van der Waals surface area contributed by atoms with Gasteiger partial charge in [0.05, 0.1) is 24.6 Å². The summed E-state index contributed by atoms with van der Waals surface area (Å²) in [7, 11) is 3.68. The molecule has 0 radical (unpaired) electrons. The summed E-state index contributed by atoms with van der Waals surface area (Å²) in [4.78, 5) is 18.0. The van der Waals surface area contributed by atoms with Gasteiger partial charge in [-0.1, -0.05) is 0 Å². The van der Waals surface area contributed by atoms with Gasteiger partial charge in [-0.25, -0.2) is 4.98 Å². The highest BCUT2D eigenvalue weighted by molar-refractivity contribution is 7.09. The van der Waals surface area contributed by atoms with Gasteiger partial charge in [0.15, 0.2) is 0 Å². The van der Waals surface area contributed by atoms with Gasteiger partial charge < -0.3 is 15.0 Å². The van der Waals surface area contributed by atoms with Crippen LogP contribution >= 0.6 is 22.9 Å². The van der Waals surface area contributed by atoms with Crippen LogP contribution in [0.4, 0.5) is 0 Å². The second-order valence-electron chi connectivity index (χ2n) is 4.19. The Morgan fingerprint density at radius 1 is 1.58 bits per heavy atom. The number of thiazole rings is 1. The highest BCUT2D eigenvalue weighted by Gasteiger charge is 2.07. The second kappa shape index (κ2) is 9.25. The average Bonchev–Trinajstić information content (AvgIpc) is 2.84. The summed E-state index contributed by atoms with van der Waals surface area (Å²) >= 11 is 7.13. The summed E-state index contributed by atoms with van der Waals surface area (Å²) in [5.74, 6) is 0.387. The Bertz CT molecular complexity index is 387. The first kappa shape index (κ1) is 16.4. The van der Waals surface area contributed by atoms with Gasteiger partial charge in [0.1, 0.15) is 5.01 Å². The molecule has 0 spiro atoms. The summed E-state index contributed by atoms with van der Waals surface area (Å²) in [5.41, 5.74) is 0.828. The van der Waals surface area contributed by atoms with E-state index in [1.807, 2.05) is 12.4 Å². The summed E-state index contributed by atoms with van der Waals surface area (Å²) in [6.45, 7) is 3.00. The number of amides is 1. The molecule has 0 aliphatic rings. The lowest BCUT2D eigenvalue weighted by molar-refractivity contribution is -0.120. The standard InChI is InChI=1S/C12H20ClN3O2S/c1-16(5-6-18-2)4-3-14-11(17)7-12-15-10(8-13)9-19-12/h9H,3-8H2,1-2H3,(H,14,17). The lowest BCUT2D eigenvalue weighted by atomic mass is 10.4. The Morgan fingerprint density at radius 2 is 2.37 bits per heavy atom. The maximum Gasteiger partial charge on any atom is 0.226 e. The van der Waals surface area contributed by atoms with Crippen LogP contribution in [0.2, 0.25) is 0 Å². The smallest absolute Gasteiger partial charge is 0.226 e. The Kier molecular flexibility index (Phi) is 7.97. The Balaban J connectivity index is 2.17. The molecular formula is C12H20ClN3O2S. The molecule has 0 saturated carbocycles. The number of nitrogens with zero attached hydrogens (tertiary/aromatic N) is 2. The molecule has 19 heavy (non-hydrogen) atoms. The van der Waals surface area contributed by atoms with E-state index in [0.717, 1.165) is 23.8 Å². The number of hydrogen-bond acceptors (Lipinski definition) is 5. The van der Waals surface area contributed by atoms with E-state index in [0.29, 0.717) is 25.5 Å². The van der Waals surface area contributed by atoms with Gasteiger partial charge >= 0.3 is 0 Å². The van der Waals surface area contributed by atoms with Crippen LogP contribution in [0.5, 0.6) is 0 Å². The van der Waals surface area contributed by atoms with Gasteiger partial charge in [0.2, 0.25) is 5.91 Å². The maximum atomic E-state index is 11.7. The van der Waals surface area contributed by atoms with Crippen molar-refractivity contribution in [3.8, 4) is 0 Å². The van der Waals surface area contributed by atoms with Crippen molar-refractivity contribution in [2.24, 2.45) is 0 Å². The molecule has 0 aliphatic carbocycles. The first-order valence-electron chi connectivity index (χ1n) is 6.09. The van der Waals surface area contributed by atoms with Crippen LogP contribution in [0.3, 0.4) is 0 Å². The molecule has 0 atom stereocenters. The second-order valence-corrected chi connectivity index (χ2v) is 5.40. The summed E-state index contributed by atoms with van der Waals surface area (Å²) in [6, 6.07) is 0. The fourth-order valence-electron chi connectivity index (χ4n) is 1.44. The molecular weight excluding hydrogens is 286 g/mol. The van der Waals surface area contributed by atoms with Crippen LogP contribution in [-0.4, -0.2) is 56.2 Å². The maximum absolute atomic E-state index is 11.7. The number of nitrogens with one attached hydrogen (secondary N) is 1. The molecule has 1 aromatic heterocycles. The van der Waals surface area contributed by atoms with Gasteiger partial charge in [-0.3, -0.25) is 4.79 Å². The summed E-state index contributed by atoms with van der Waals surface area (Å²) < 4.78 is 4.99. The van der Waals surface area contributed by atoms with Crippen LogP contribution in [0.1, 0.15) is 10.7 Å². The number of carbonyl (C=O) groups is 1. The van der Waals surface area contributed by atoms with Crippen molar-refractivity contribution in [1.29, 1.82) is 0 Å². The van der Waals surface area contributed by atoms with Gasteiger partial charge in [0, 0.05) is 32.1 Å². The topological polar surface area (TPSA) is 54.5 Å². The third kappa shape index (κ3) is 6.87. The molecule has 1 N–H and O–H groups in total.